The lowest BCUT2D eigenvalue weighted by Crippen LogP contribution is -2.03. The van der Waals surface area contributed by atoms with Crippen LogP contribution in [0.1, 0.15) is 15.9 Å². The number of hydrogen-bond acceptors (Lipinski definition) is 4. The first-order valence-electron chi connectivity index (χ1n) is 6.14. The maximum Gasteiger partial charge on any atom is 0.337 e. The minimum atomic E-state index is -1.07. The molecule has 0 saturated carbocycles. The Balaban J connectivity index is 2.13. The largest absolute Gasteiger partial charge is 0.504 e. The fraction of sp³-hybridized carbons (Fsp3) is 0.133. The van der Waals surface area contributed by atoms with Gasteiger partial charge in [-0.1, -0.05) is 17.7 Å². The summed E-state index contributed by atoms with van der Waals surface area (Å²) in [4.78, 5) is 11.0. The number of hydrogen-bond donors (Lipinski definition) is 3. The Kier molecular flexibility index (Phi) is 4.55. The molecule has 0 fully saturated rings. The molecule has 0 saturated heterocycles. The van der Waals surface area contributed by atoms with Crippen molar-refractivity contribution in [2.45, 2.75) is 6.54 Å². The quantitative estimate of drug-likeness (QED) is 0.789. The number of anilines is 1. The van der Waals surface area contributed by atoms with Crippen LogP contribution in [0.2, 0.25) is 5.02 Å². The van der Waals surface area contributed by atoms with Gasteiger partial charge in [-0.15, -0.1) is 0 Å². The van der Waals surface area contributed by atoms with E-state index in [-0.39, 0.29) is 16.3 Å². The minimum Gasteiger partial charge on any atom is -0.504 e. The highest BCUT2D eigenvalue weighted by molar-refractivity contribution is 6.33. The third-order valence-electron chi connectivity index (χ3n) is 2.94. The number of benzene rings is 2. The molecule has 0 atom stereocenters. The van der Waals surface area contributed by atoms with Crippen molar-refractivity contribution in [3.63, 3.8) is 0 Å². The summed E-state index contributed by atoms with van der Waals surface area (Å²) in [6.45, 7) is 0.456. The normalized spacial score (nSPS) is 10.2. The number of aromatic hydroxyl groups is 1. The van der Waals surface area contributed by atoms with Gasteiger partial charge < -0.3 is 20.3 Å². The number of nitrogens with one attached hydrogen (secondary N) is 1. The molecule has 21 heavy (non-hydrogen) atoms. The van der Waals surface area contributed by atoms with Gasteiger partial charge in [-0.3, -0.25) is 0 Å². The molecule has 0 heterocycles. The highest BCUT2D eigenvalue weighted by atomic mass is 35.5. The zero-order valence-electron chi connectivity index (χ0n) is 11.3. The van der Waals surface area contributed by atoms with E-state index in [1.54, 1.807) is 24.3 Å². The number of carbonyl (C=O) groups is 1. The number of rotatable bonds is 5. The van der Waals surface area contributed by atoms with Gasteiger partial charge in [-0.25, -0.2) is 4.79 Å². The Morgan fingerprint density at radius 2 is 2.05 bits per heavy atom. The van der Waals surface area contributed by atoms with Crippen LogP contribution in [0, 0.1) is 0 Å². The molecule has 2 aromatic carbocycles. The smallest absolute Gasteiger partial charge is 0.337 e. The van der Waals surface area contributed by atoms with E-state index in [2.05, 4.69) is 5.32 Å². The van der Waals surface area contributed by atoms with E-state index >= 15 is 0 Å². The number of carboxylic acids is 1. The molecule has 0 radical (unpaired) electrons. The van der Waals surface area contributed by atoms with Crippen LogP contribution >= 0.6 is 11.6 Å². The molecule has 2 aromatic rings. The number of aromatic carboxylic acids is 1. The SMILES string of the molecule is COc1cc(CNc2ccc(Cl)c(C(=O)O)c2)ccc1O. The molecule has 110 valence electrons. The van der Waals surface area contributed by atoms with E-state index in [9.17, 15) is 9.90 Å². The van der Waals surface area contributed by atoms with Crippen molar-refractivity contribution in [3.05, 3.63) is 52.5 Å². The molecule has 5 nitrogen and oxygen atoms in total. The maximum absolute atomic E-state index is 11.0. The summed E-state index contributed by atoms with van der Waals surface area (Å²) < 4.78 is 5.03. The average molecular weight is 308 g/mol. The van der Waals surface area contributed by atoms with Crippen molar-refractivity contribution >= 4 is 23.3 Å². The molecule has 0 aliphatic rings. The number of methoxy groups -OCH3 is 1. The lowest BCUT2D eigenvalue weighted by Gasteiger charge is -2.10. The van der Waals surface area contributed by atoms with Crippen molar-refractivity contribution in [2.24, 2.45) is 0 Å². The molecule has 0 spiro atoms. The zero-order chi connectivity index (χ0) is 15.4. The van der Waals surface area contributed by atoms with Crippen LogP contribution in [-0.2, 0) is 6.54 Å². The molecule has 6 heteroatoms. The van der Waals surface area contributed by atoms with Gasteiger partial charge in [0.25, 0.3) is 0 Å². The molecule has 0 aromatic heterocycles. The number of carboxylic acid groups (broad SMARTS) is 1. The molecule has 0 amide bonds. The van der Waals surface area contributed by atoms with Gasteiger partial charge in [-0.2, -0.15) is 0 Å². The lowest BCUT2D eigenvalue weighted by atomic mass is 10.1. The van der Waals surface area contributed by atoms with Crippen LogP contribution in [0.3, 0.4) is 0 Å². The van der Waals surface area contributed by atoms with Crippen LogP contribution in [0.15, 0.2) is 36.4 Å². The Morgan fingerprint density at radius 1 is 1.29 bits per heavy atom. The maximum atomic E-state index is 11.0. The lowest BCUT2D eigenvalue weighted by molar-refractivity contribution is 0.0697. The van der Waals surface area contributed by atoms with Crippen molar-refractivity contribution in [2.75, 3.05) is 12.4 Å². The van der Waals surface area contributed by atoms with Gasteiger partial charge in [0, 0.05) is 12.2 Å². The second-order valence-electron chi connectivity index (χ2n) is 4.36. The van der Waals surface area contributed by atoms with E-state index < -0.39 is 5.97 Å². The minimum absolute atomic E-state index is 0.0463. The molecule has 0 bridgehead atoms. The van der Waals surface area contributed by atoms with Gasteiger partial charge in [0.05, 0.1) is 17.7 Å². The first-order chi connectivity index (χ1) is 10.0. The van der Waals surface area contributed by atoms with Crippen LogP contribution < -0.4 is 10.1 Å². The first kappa shape index (κ1) is 15.0. The summed E-state index contributed by atoms with van der Waals surface area (Å²) in [6.07, 6.45) is 0. The average Bonchev–Trinajstić information content (AvgIpc) is 2.47. The van der Waals surface area contributed by atoms with Gasteiger partial charge in [0.2, 0.25) is 0 Å². The molecule has 0 unspecified atom stereocenters. The van der Waals surface area contributed by atoms with Crippen molar-refractivity contribution in [3.8, 4) is 11.5 Å². The van der Waals surface area contributed by atoms with Crippen LogP contribution in [-0.4, -0.2) is 23.3 Å². The van der Waals surface area contributed by atoms with Crippen LogP contribution in [0.4, 0.5) is 5.69 Å². The van der Waals surface area contributed by atoms with E-state index in [1.165, 1.54) is 19.2 Å². The number of ether oxygens (including phenoxy) is 1. The summed E-state index contributed by atoms with van der Waals surface area (Å²) in [6, 6.07) is 9.70. The third-order valence-corrected chi connectivity index (χ3v) is 3.27. The second kappa shape index (κ2) is 6.37. The Bertz CT molecular complexity index is 673. The van der Waals surface area contributed by atoms with Gasteiger partial charge in [-0.05, 0) is 35.9 Å². The molecule has 3 N–H and O–H groups in total. The van der Waals surface area contributed by atoms with Crippen molar-refractivity contribution in [1.82, 2.24) is 0 Å². The van der Waals surface area contributed by atoms with Crippen LogP contribution in [0.5, 0.6) is 11.5 Å². The summed E-state index contributed by atoms with van der Waals surface area (Å²) >= 11 is 5.81. The summed E-state index contributed by atoms with van der Waals surface area (Å²) in [7, 11) is 1.48. The van der Waals surface area contributed by atoms with E-state index in [1.807, 2.05) is 0 Å². The monoisotopic (exact) mass is 307 g/mol. The number of halogens is 1. The first-order valence-corrected chi connectivity index (χ1v) is 6.51. The van der Waals surface area contributed by atoms with E-state index in [0.717, 1.165) is 5.56 Å². The molecule has 0 aliphatic carbocycles. The number of phenolic OH excluding ortho intramolecular Hbond substituents is 1. The van der Waals surface area contributed by atoms with Crippen LogP contribution in [0.25, 0.3) is 0 Å². The molecule has 0 aliphatic heterocycles. The fourth-order valence-corrected chi connectivity index (χ4v) is 2.03. The van der Waals surface area contributed by atoms with Gasteiger partial charge in [0.1, 0.15) is 0 Å². The standard InChI is InChI=1S/C15H14ClNO4/c1-21-14-6-9(2-5-13(14)18)8-17-10-3-4-12(16)11(7-10)15(19)20/h2-7,17-18H,8H2,1H3,(H,19,20). The van der Waals surface area contributed by atoms with E-state index in [4.69, 9.17) is 21.4 Å². The predicted octanol–water partition coefficient (Wildman–Crippen LogP) is 3.36. The van der Waals surface area contributed by atoms with Gasteiger partial charge >= 0.3 is 5.97 Å². The van der Waals surface area contributed by atoms with Crippen molar-refractivity contribution in [1.29, 1.82) is 0 Å². The predicted molar refractivity (Wildman–Crippen MR) is 80.4 cm³/mol. The van der Waals surface area contributed by atoms with Gasteiger partial charge in [0.15, 0.2) is 11.5 Å². The highest BCUT2D eigenvalue weighted by Gasteiger charge is 2.09. The summed E-state index contributed by atoms with van der Waals surface area (Å²) in [5, 5.41) is 21.8. The Labute approximate surface area is 126 Å². The van der Waals surface area contributed by atoms with Crippen molar-refractivity contribution < 1.29 is 19.7 Å². The molecule has 2 rings (SSSR count). The highest BCUT2D eigenvalue weighted by Crippen LogP contribution is 2.27. The van der Waals surface area contributed by atoms with E-state index in [0.29, 0.717) is 18.0 Å². The third kappa shape index (κ3) is 3.58. The fourth-order valence-electron chi connectivity index (χ4n) is 1.84. The molecular weight excluding hydrogens is 294 g/mol. The number of phenols is 1. The zero-order valence-corrected chi connectivity index (χ0v) is 12.0. The molecular formula is C15H14ClNO4. The Morgan fingerprint density at radius 3 is 2.71 bits per heavy atom. The topological polar surface area (TPSA) is 78.8 Å². The second-order valence-corrected chi connectivity index (χ2v) is 4.77. The summed E-state index contributed by atoms with van der Waals surface area (Å²) in [5.41, 5.74) is 1.57. The Hall–Kier alpha value is -2.40. The summed E-state index contributed by atoms with van der Waals surface area (Å²) in [5.74, 6) is -0.618.